The Kier molecular flexibility index (Phi) is 6.24. The fraction of sp³-hybridized carbons (Fsp3) is 0.960. The summed E-state index contributed by atoms with van der Waals surface area (Å²) in [7, 11) is 0. The molecule has 0 aromatic rings. The minimum absolute atomic E-state index is 0.223. The van der Waals surface area contributed by atoms with Crippen LogP contribution in [0, 0.1) is 40.9 Å². The van der Waals surface area contributed by atoms with Crippen LogP contribution in [0.3, 0.4) is 0 Å². The third kappa shape index (κ3) is 3.60. The molecular formula is C25H43NO2. The molecule has 160 valence electrons. The minimum atomic E-state index is -0.223. The lowest BCUT2D eigenvalue weighted by atomic mass is 9.50. The summed E-state index contributed by atoms with van der Waals surface area (Å²) in [6.45, 7) is 9.41. The lowest BCUT2D eigenvalue weighted by Crippen LogP contribution is -2.49. The summed E-state index contributed by atoms with van der Waals surface area (Å²) in [4.78, 5) is 15.5. The average molecular weight is 390 g/mol. The molecule has 0 spiro atoms. The maximum atomic E-state index is 13.3. The van der Waals surface area contributed by atoms with Crippen LogP contribution >= 0.6 is 0 Å². The Balaban J connectivity index is 1.46. The van der Waals surface area contributed by atoms with Gasteiger partial charge in [0, 0.05) is 19.0 Å². The van der Waals surface area contributed by atoms with Gasteiger partial charge in [-0.1, -0.05) is 40.0 Å². The Bertz CT molecular complexity index is 563. The van der Waals surface area contributed by atoms with Crippen molar-refractivity contribution in [2.45, 2.75) is 91.1 Å². The number of fused-ring (bicyclic) bond motifs is 3. The smallest absolute Gasteiger partial charge is 0.150 e. The molecule has 4 rings (SSSR count). The van der Waals surface area contributed by atoms with Crippen LogP contribution < -0.4 is 0 Å². The molecule has 0 amide bonds. The summed E-state index contributed by atoms with van der Waals surface area (Å²) < 4.78 is 0. The number of rotatable bonds is 6. The number of Topliss-reactive ketones (excluding diaryl/α,β-unsaturated/α-hetero) is 1. The Morgan fingerprint density at radius 1 is 1.07 bits per heavy atom. The molecule has 3 aliphatic carbocycles. The molecule has 1 aliphatic heterocycles. The van der Waals surface area contributed by atoms with Crippen LogP contribution in [-0.4, -0.2) is 41.5 Å². The van der Waals surface area contributed by atoms with Crippen molar-refractivity contribution in [1.82, 2.24) is 4.90 Å². The van der Waals surface area contributed by atoms with Crippen molar-refractivity contribution in [1.29, 1.82) is 0 Å². The van der Waals surface area contributed by atoms with Gasteiger partial charge in [0.15, 0.2) is 0 Å². The maximum Gasteiger partial charge on any atom is 0.150 e. The number of nitrogens with zero attached hydrogens (tertiary/aromatic N) is 1. The molecule has 8 atom stereocenters. The lowest BCUT2D eigenvalue weighted by molar-refractivity contribution is -0.131. The molecule has 4 fully saturated rings. The highest BCUT2D eigenvalue weighted by molar-refractivity contribution is 5.84. The molecule has 1 saturated heterocycles. The monoisotopic (exact) mass is 389 g/mol. The second-order valence-electron chi connectivity index (χ2n) is 11.0. The second kappa shape index (κ2) is 8.38. The summed E-state index contributed by atoms with van der Waals surface area (Å²) in [5.74, 6) is 5.23. The van der Waals surface area contributed by atoms with Crippen LogP contribution in [0.1, 0.15) is 85.0 Å². The fourth-order valence-corrected chi connectivity index (χ4v) is 8.34. The zero-order valence-electron chi connectivity index (χ0n) is 18.5. The molecule has 3 heteroatoms. The number of ketones is 1. The normalized spacial score (nSPS) is 46.4. The summed E-state index contributed by atoms with van der Waals surface area (Å²) in [5.41, 5.74) is 0.242. The van der Waals surface area contributed by atoms with Gasteiger partial charge in [-0.05, 0) is 80.0 Å². The van der Waals surface area contributed by atoms with E-state index in [2.05, 4.69) is 25.7 Å². The van der Waals surface area contributed by atoms with E-state index in [1.54, 1.807) is 0 Å². The number of carbonyl (C=O) groups excluding carboxylic acids is 1. The van der Waals surface area contributed by atoms with E-state index in [1.807, 2.05) is 0 Å². The van der Waals surface area contributed by atoms with Crippen LogP contribution in [0.2, 0.25) is 0 Å². The van der Waals surface area contributed by atoms with Gasteiger partial charge < -0.3 is 5.11 Å². The van der Waals surface area contributed by atoms with Crippen molar-refractivity contribution in [2.75, 3.05) is 19.6 Å². The summed E-state index contributed by atoms with van der Waals surface area (Å²) in [6.07, 6.45) is 12.6. The predicted octanol–water partition coefficient (Wildman–Crippen LogP) is 4.92. The highest BCUT2D eigenvalue weighted by Gasteiger charge is 2.57. The van der Waals surface area contributed by atoms with Crippen LogP contribution in [0.15, 0.2) is 0 Å². The topological polar surface area (TPSA) is 40.5 Å². The van der Waals surface area contributed by atoms with E-state index in [-0.39, 0.29) is 17.4 Å². The molecule has 8 unspecified atom stereocenters. The first-order valence-electron chi connectivity index (χ1n) is 12.4. The largest absolute Gasteiger partial charge is 0.392 e. The Morgan fingerprint density at radius 3 is 2.57 bits per heavy atom. The first kappa shape index (κ1) is 20.8. The van der Waals surface area contributed by atoms with E-state index in [0.717, 1.165) is 49.0 Å². The van der Waals surface area contributed by atoms with Gasteiger partial charge in [-0.3, -0.25) is 9.69 Å². The van der Waals surface area contributed by atoms with Crippen LogP contribution in [0.5, 0.6) is 0 Å². The third-order valence-electron chi connectivity index (χ3n) is 9.68. The molecular weight excluding hydrogens is 346 g/mol. The summed E-state index contributed by atoms with van der Waals surface area (Å²) in [6, 6.07) is 0. The Hall–Kier alpha value is -0.410. The first-order chi connectivity index (χ1) is 13.5. The number of hydrogen-bond acceptors (Lipinski definition) is 3. The lowest BCUT2D eigenvalue weighted by Gasteiger charge is -2.54. The molecule has 3 saturated carbocycles. The second-order valence-corrected chi connectivity index (χ2v) is 11.0. The fourth-order valence-electron chi connectivity index (χ4n) is 8.34. The van der Waals surface area contributed by atoms with Gasteiger partial charge in [0.1, 0.15) is 5.78 Å². The van der Waals surface area contributed by atoms with Crippen molar-refractivity contribution < 1.29 is 9.90 Å². The third-order valence-corrected chi connectivity index (χ3v) is 9.68. The van der Waals surface area contributed by atoms with Crippen LogP contribution in [-0.2, 0) is 4.79 Å². The molecule has 0 bridgehead atoms. The van der Waals surface area contributed by atoms with E-state index >= 15 is 0 Å². The number of likely N-dealkylation sites (tertiary alicyclic amines) is 1. The van der Waals surface area contributed by atoms with Gasteiger partial charge in [0.25, 0.3) is 0 Å². The van der Waals surface area contributed by atoms with Crippen molar-refractivity contribution in [2.24, 2.45) is 40.9 Å². The standard InChI is InChI=1S/C25H43NO2/c1-4-6-19-17(5-2)7-8-21-20(19)11-13-25(3)22(21)9-10-23(25)24(28)16-26-14-12-18(27)15-26/h17-23,27H,4-16H2,1-3H3. The van der Waals surface area contributed by atoms with E-state index in [4.69, 9.17) is 0 Å². The quantitative estimate of drug-likeness (QED) is 0.701. The van der Waals surface area contributed by atoms with Gasteiger partial charge in [0.2, 0.25) is 0 Å². The maximum absolute atomic E-state index is 13.3. The molecule has 0 radical (unpaired) electrons. The average Bonchev–Trinajstić information content (AvgIpc) is 3.24. The summed E-state index contributed by atoms with van der Waals surface area (Å²) in [5, 5.41) is 9.80. The zero-order chi connectivity index (χ0) is 19.9. The Morgan fingerprint density at radius 2 is 1.89 bits per heavy atom. The van der Waals surface area contributed by atoms with Crippen molar-refractivity contribution in [3.63, 3.8) is 0 Å². The molecule has 1 N–H and O–H groups in total. The number of carbonyl (C=O) groups is 1. The van der Waals surface area contributed by atoms with E-state index in [0.29, 0.717) is 18.9 Å². The molecule has 28 heavy (non-hydrogen) atoms. The zero-order valence-corrected chi connectivity index (χ0v) is 18.5. The van der Waals surface area contributed by atoms with Gasteiger partial charge in [0.05, 0.1) is 12.6 Å². The molecule has 1 heterocycles. The minimum Gasteiger partial charge on any atom is -0.392 e. The van der Waals surface area contributed by atoms with Gasteiger partial charge in [-0.15, -0.1) is 0 Å². The van der Waals surface area contributed by atoms with E-state index < -0.39 is 0 Å². The van der Waals surface area contributed by atoms with Crippen molar-refractivity contribution in [3.05, 3.63) is 0 Å². The number of β-amino-alcohol motifs (C(OH)–C–C–N with tert-alkyl or cyclic N) is 1. The summed E-state index contributed by atoms with van der Waals surface area (Å²) >= 11 is 0. The van der Waals surface area contributed by atoms with Gasteiger partial charge in [-0.2, -0.15) is 0 Å². The molecule has 0 aromatic heterocycles. The van der Waals surface area contributed by atoms with Crippen molar-refractivity contribution in [3.8, 4) is 0 Å². The van der Waals surface area contributed by atoms with Crippen molar-refractivity contribution >= 4 is 5.78 Å². The first-order valence-corrected chi connectivity index (χ1v) is 12.4. The molecule has 0 aromatic carbocycles. The predicted molar refractivity (Wildman–Crippen MR) is 114 cm³/mol. The van der Waals surface area contributed by atoms with Crippen LogP contribution in [0.25, 0.3) is 0 Å². The highest BCUT2D eigenvalue weighted by Crippen LogP contribution is 2.63. The number of aliphatic hydroxyl groups is 1. The molecule has 4 aliphatic rings. The SMILES string of the molecule is CCCC1C(CC)CCC2C1CCC1(C)C(C(=O)CN3CCC(O)C3)CCC21. The van der Waals surface area contributed by atoms with E-state index in [9.17, 15) is 9.90 Å². The van der Waals surface area contributed by atoms with Crippen LogP contribution in [0.4, 0.5) is 0 Å². The van der Waals surface area contributed by atoms with Gasteiger partial charge >= 0.3 is 0 Å². The number of hydrogen-bond donors (Lipinski definition) is 1. The van der Waals surface area contributed by atoms with Gasteiger partial charge in [-0.25, -0.2) is 0 Å². The highest BCUT2D eigenvalue weighted by atomic mass is 16.3. The van der Waals surface area contributed by atoms with E-state index in [1.165, 1.54) is 51.4 Å². The number of aliphatic hydroxyl groups excluding tert-OH is 1. The Labute approximate surface area is 172 Å². The molecule has 3 nitrogen and oxygen atoms in total.